The van der Waals surface area contributed by atoms with E-state index < -0.39 is 0 Å². The number of quaternary nitrogens is 1. The van der Waals surface area contributed by atoms with Crippen LogP contribution in [0.5, 0.6) is 0 Å². The van der Waals surface area contributed by atoms with Gasteiger partial charge in [-0.15, -0.1) is 12.4 Å². The topological polar surface area (TPSA) is 29.5 Å². The normalized spacial score (nSPS) is 10.3. The molecule has 0 bridgehead atoms. The highest BCUT2D eigenvalue weighted by Gasteiger charge is 2.09. The Balaban J connectivity index is -0.000000720. The Morgan fingerprint density at radius 1 is 1.27 bits per heavy atom. The zero-order valence-corrected chi connectivity index (χ0v) is 11.7. The second kappa shape index (κ2) is 9.21. The van der Waals surface area contributed by atoms with Gasteiger partial charge in [-0.05, 0) is 14.1 Å². The van der Waals surface area contributed by atoms with Crippen LogP contribution in [0.1, 0.15) is 0 Å². The third kappa shape index (κ3) is 16.6. The summed E-state index contributed by atoms with van der Waals surface area (Å²) in [5, 5.41) is 0. The Morgan fingerprint density at radius 2 is 1.73 bits per heavy atom. The summed E-state index contributed by atoms with van der Waals surface area (Å²) in [7, 11) is 9.90. The number of carbonyl (C=O) groups excluding carboxylic acids is 1. The molecule has 0 aliphatic carbocycles. The first kappa shape index (κ1) is 20.4. The number of nitrogens with zero attached hydrogens (tertiary/aromatic N) is 2. The lowest BCUT2D eigenvalue weighted by atomic mass is 10.5. The van der Waals surface area contributed by atoms with Crippen LogP contribution in [0.25, 0.3) is 0 Å². The number of halogens is 2. The number of esters is 1. The van der Waals surface area contributed by atoms with Crippen LogP contribution in [0, 0.1) is 0 Å². The van der Waals surface area contributed by atoms with Crippen LogP contribution in [0.2, 0.25) is 0 Å². The molecule has 0 radical (unpaired) electrons. The molecule has 15 heavy (non-hydrogen) atoms. The molecule has 0 amide bonds. The van der Waals surface area contributed by atoms with Gasteiger partial charge in [-0.2, -0.15) is 0 Å². The first-order valence-electron chi connectivity index (χ1n) is 4.42. The number of carbonyl (C=O) groups is 1. The number of likely N-dealkylation sites (N-methyl/N-ethyl adjacent to an activating group) is 2. The van der Waals surface area contributed by atoms with Gasteiger partial charge in [0, 0.05) is 0 Å². The van der Waals surface area contributed by atoms with E-state index in [1.54, 1.807) is 4.90 Å². The summed E-state index contributed by atoms with van der Waals surface area (Å²) in [4.78, 5) is 12.9. The molecule has 0 aromatic heterocycles. The van der Waals surface area contributed by atoms with Crippen LogP contribution in [-0.2, 0) is 9.53 Å². The van der Waals surface area contributed by atoms with Gasteiger partial charge in [0.25, 0.3) is 0 Å². The summed E-state index contributed by atoms with van der Waals surface area (Å²) in [6.07, 6.45) is 0. The molecule has 0 N–H and O–H groups in total. The average molecular weight is 261 g/mol. The molecule has 0 aromatic carbocycles. The Bertz CT molecular complexity index is 170. The van der Waals surface area contributed by atoms with Crippen molar-refractivity contribution in [3.05, 3.63) is 0 Å². The van der Waals surface area contributed by atoms with E-state index in [0.29, 0.717) is 13.2 Å². The molecule has 0 saturated heterocycles. The zero-order valence-electron chi connectivity index (χ0n) is 10.1. The third-order valence-corrected chi connectivity index (χ3v) is 1.47. The lowest BCUT2D eigenvalue weighted by molar-refractivity contribution is -0.870. The van der Waals surface area contributed by atoms with Crippen molar-refractivity contribution in [2.45, 2.75) is 0 Å². The summed E-state index contributed by atoms with van der Waals surface area (Å²) >= 11 is 0. The fraction of sp³-hybridized carbons (Fsp3) is 0.889. The van der Waals surface area contributed by atoms with Crippen molar-refractivity contribution in [2.75, 3.05) is 54.9 Å². The summed E-state index contributed by atoms with van der Waals surface area (Å²) in [5.41, 5.74) is 0. The number of hydrogen-bond donors (Lipinski definition) is 0. The van der Waals surface area contributed by atoms with E-state index in [9.17, 15) is 4.79 Å². The maximum Gasteiger partial charge on any atom is 0.320 e. The highest BCUT2D eigenvalue weighted by Crippen LogP contribution is 1.90. The predicted molar refractivity (Wildman–Crippen MR) is 59.7 cm³/mol. The van der Waals surface area contributed by atoms with Gasteiger partial charge in [0.2, 0.25) is 0 Å². The maximum absolute atomic E-state index is 11.1. The molecule has 0 saturated carbocycles. The summed E-state index contributed by atoms with van der Waals surface area (Å²) < 4.78 is 5.85. The second-order valence-electron chi connectivity index (χ2n) is 4.47. The largest absolute Gasteiger partial charge is 1.00 e. The standard InChI is InChI=1S/C9H21N2O2.2ClH/c1-10(2)8-9(12)13-7-6-11(3,4)5;;/h6-8H2,1-5H3;2*1H/q+1;;/p-1. The van der Waals surface area contributed by atoms with Crippen molar-refractivity contribution in [3.63, 3.8) is 0 Å². The van der Waals surface area contributed by atoms with Gasteiger partial charge < -0.3 is 21.6 Å². The molecule has 0 aliphatic heterocycles. The summed E-state index contributed by atoms with van der Waals surface area (Å²) in [5.74, 6) is -0.154. The number of hydrogen-bond acceptors (Lipinski definition) is 3. The molecular formula is C9H22Cl2N2O2. The summed E-state index contributed by atoms with van der Waals surface area (Å²) in [6, 6.07) is 0. The van der Waals surface area contributed by atoms with Gasteiger partial charge in [-0.25, -0.2) is 0 Å². The third-order valence-electron chi connectivity index (χ3n) is 1.47. The Morgan fingerprint density at radius 3 is 2.07 bits per heavy atom. The number of ether oxygens (including phenoxy) is 1. The van der Waals surface area contributed by atoms with Crippen molar-refractivity contribution in [2.24, 2.45) is 0 Å². The van der Waals surface area contributed by atoms with Crippen molar-refractivity contribution >= 4 is 18.4 Å². The van der Waals surface area contributed by atoms with E-state index in [2.05, 4.69) is 21.1 Å². The molecule has 0 heterocycles. The minimum Gasteiger partial charge on any atom is -1.00 e. The van der Waals surface area contributed by atoms with Crippen molar-refractivity contribution < 1.29 is 26.4 Å². The van der Waals surface area contributed by atoms with Crippen LogP contribution in [0.4, 0.5) is 0 Å². The Labute approximate surface area is 105 Å². The molecule has 4 nitrogen and oxygen atoms in total. The van der Waals surface area contributed by atoms with E-state index in [1.165, 1.54) is 0 Å². The Kier molecular flexibility index (Phi) is 12.5. The van der Waals surface area contributed by atoms with Gasteiger partial charge in [0.15, 0.2) is 0 Å². The number of rotatable bonds is 5. The summed E-state index contributed by atoms with van der Waals surface area (Å²) in [6.45, 7) is 1.70. The van der Waals surface area contributed by atoms with E-state index in [4.69, 9.17) is 4.74 Å². The molecule has 0 rings (SSSR count). The van der Waals surface area contributed by atoms with Crippen LogP contribution >= 0.6 is 12.4 Å². The molecule has 0 aliphatic rings. The average Bonchev–Trinajstić information content (AvgIpc) is 1.81. The highest BCUT2D eigenvalue weighted by molar-refractivity contribution is 5.85. The van der Waals surface area contributed by atoms with Gasteiger partial charge in [-0.1, -0.05) is 0 Å². The molecule has 0 unspecified atom stereocenters. The minimum atomic E-state index is -0.154. The quantitative estimate of drug-likeness (QED) is 0.396. The SMILES string of the molecule is CN(C)CC(=O)OCC[N+](C)(C)C.Cl.[Cl-]. The highest BCUT2D eigenvalue weighted by atomic mass is 35.5. The first-order valence-corrected chi connectivity index (χ1v) is 4.42. The Hall–Kier alpha value is -0.0300. The molecule has 6 heteroatoms. The van der Waals surface area contributed by atoms with E-state index >= 15 is 0 Å². The van der Waals surface area contributed by atoms with Crippen molar-refractivity contribution in [1.29, 1.82) is 0 Å². The van der Waals surface area contributed by atoms with Crippen LogP contribution < -0.4 is 12.4 Å². The van der Waals surface area contributed by atoms with Gasteiger partial charge >= 0.3 is 5.97 Å². The van der Waals surface area contributed by atoms with E-state index in [1.807, 2.05) is 14.1 Å². The first-order chi connectivity index (χ1) is 5.81. The lowest BCUT2D eigenvalue weighted by Crippen LogP contribution is -3.00. The molecule has 94 valence electrons. The second-order valence-corrected chi connectivity index (χ2v) is 4.47. The van der Waals surface area contributed by atoms with Crippen LogP contribution in [0.3, 0.4) is 0 Å². The van der Waals surface area contributed by atoms with Crippen molar-refractivity contribution in [3.8, 4) is 0 Å². The van der Waals surface area contributed by atoms with Gasteiger partial charge in [0.1, 0.15) is 13.2 Å². The molecule has 0 atom stereocenters. The maximum atomic E-state index is 11.1. The fourth-order valence-electron chi connectivity index (χ4n) is 0.737. The smallest absolute Gasteiger partial charge is 0.320 e. The lowest BCUT2D eigenvalue weighted by Gasteiger charge is -2.23. The van der Waals surface area contributed by atoms with E-state index in [-0.39, 0.29) is 30.8 Å². The van der Waals surface area contributed by atoms with Crippen LogP contribution in [-0.4, -0.2) is 70.3 Å². The minimum absolute atomic E-state index is 0. The molecule has 0 fully saturated rings. The fourth-order valence-corrected chi connectivity index (χ4v) is 0.737. The predicted octanol–water partition coefficient (Wildman–Crippen LogP) is -2.78. The zero-order chi connectivity index (χ0) is 10.5. The van der Waals surface area contributed by atoms with Gasteiger partial charge in [-0.3, -0.25) is 9.69 Å². The molecule has 0 aromatic rings. The van der Waals surface area contributed by atoms with E-state index in [0.717, 1.165) is 11.0 Å². The molecule has 0 spiro atoms. The van der Waals surface area contributed by atoms with Gasteiger partial charge in [0.05, 0.1) is 27.7 Å². The monoisotopic (exact) mass is 260 g/mol. The molecular weight excluding hydrogens is 239 g/mol. The van der Waals surface area contributed by atoms with Crippen molar-refractivity contribution in [1.82, 2.24) is 4.90 Å². The van der Waals surface area contributed by atoms with Crippen LogP contribution in [0.15, 0.2) is 0 Å².